The minimum atomic E-state index is -1.00. The zero-order valence-corrected chi connectivity index (χ0v) is 12.4. The predicted octanol–water partition coefficient (Wildman–Crippen LogP) is 3.43. The number of ketones is 1. The van der Waals surface area contributed by atoms with Gasteiger partial charge in [-0.25, -0.2) is 8.78 Å². The van der Waals surface area contributed by atoms with Gasteiger partial charge in [-0.05, 0) is 24.3 Å². The number of thioether (sulfide) groups is 1. The van der Waals surface area contributed by atoms with E-state index in [1.165, 1.54) is 6.07 Å². The topological polar surface area (TPSA) is 37.4 Å². The maximum Gasteiger partial charge on any atom is 0.195 e. The van der Waals surface area contributed by atoms with Crippen LogP contribution in [0.4, 0.5) is 14.5 Å². The lowest BCUT2D eigenvalue weighted by Crippen LogP contribution is -2.18. The second-order valence-electron chi connectivity index (χ2n) is 4.94. The summed E-state index contributed by atoms with van der Waals surface area (Å²) in [5, 5.41) is 0. The van der Waals surface area contributed by atoms with Crippen LogP contribution in [0.1, 0.15) is 21.5 Å². The van der Waals surface area contributed by atoms with Crippen molar-refractivity contribution in [3.05, 3.63) is 58.7 Å². The highest BCUT2D eigenvalue weighted by atomic mass is 32.2. The van der Waals surface area contributed by atoms with Gasteiger partial charge in [0, 0.05) is 35.2 Å². The van der Waals surface area contributed by atoms with E-state index in [2.05, 4.69) is 0 Å². The number of nitrogens with zero attached hydrogens (tertiary/aromatic N) is 1. The van der Waals surface area contributed by atoms with Crippen LogP contribution in [0.5, 0.6) is 0 Å². The van der Waals surface area contributed by atoms with Gasteiger partial charge in [0.25, 0.3) is 0 Å². The Balaban J connectivity index is 2.26. The summed E-state index contributed by atoms with van der Waals surface area (Å²) in [6, 6.07) is 7.27. The third-order valence-electron chi connectivity index (χ3n) is 3.64. The van der Waals surface area contributed by atoms with Crippen molar-refractivity contribution in [3.8, 4) is 0 Å². The molecule has 3 rings (SSSR count). The number of carbonyl (C=O) groups is 2. The molecule has 0 saturated heterocycles. The molecule has 2 aromatic rings. The molecule has 2 aromatic carbocycles. The minimum absolute atomic E-state index is 0.0331. The molecule has 0 spiro atoms. The molecule has 0 unspecified atom stereocenters. The van der Waals surface area contributed by atoms with E-state index in [0.717, 1.165) is 17.8 Å². The SMILES string of the molecule is CN1Cc2c(ccc(F)c2F)C(=O)c2cccc(SC=O)c21. The molecule has 0 fully saturated rings. The lowest BCUT2D eigenvalue weighted by Gasteiger charge is -2.21. The maximum atomic E-state index is 14.1. The summed E-state index contributed by atoms with van der Waals surface area (Å²) < 4.78 is 27.5. The van der Waals surface area contributed by atoms with Gasteiger partial charge in [0.05, 0.1) is 5.69 Å². The molecule has 1 heterocycles. The van der Waals surface area contributed by atoms with Gasteiger partial charge in [-0.2, -0.15) is 0 Å². The van der Waals surface area contributed by atoms with Crippen LogP contribution in [0, 0.1) is 11.6 Å². The largest absolute Gasteiger partial charge is 0.369 e. The Hall–Kier alpha value is -2.21. The van der Waals surface area contributed by atoms with E-state index in [9.17, 15) is 18.4 Å². The van der Waals surface area contributed by atoms with Crippen LogP contribution in [0.15, 0.2) is 35.2 Å². The quantitative estimate of drug-likeness (QED) is 0.628. The molecule has 6 heteroatoms. The van der Waals surface area contributed by atoms with Crippen molar-refractivity contribution in [2.24, 2.45) is 0 Å². The zero-order valence-electron chi connectivity index (χ0n) is 11.6. The Bertz CT molecular complexity index is 792. The first-order valence-electron chi connectivity index (χ1n) is 6.50. The fourth-order valence-corrected chi connectivity index (χ4v) is 3.31. The van der Waals surface area contributed by atoms with E-state index in [-0.39, 0.29) is 23.5 Å². The molecule has 0 atom stereocenters. The highest BCUT2D eigenvalue weighted by Gasteiger charge is 2.28. The van der Waals surface area contributed by atoms with Gasteiger partial charge in [0.15, 0.2) is 23.0 Å². The van der Waals surface area contributed by atoms with E-state index in [0.29, 0.717) is 21.8 Å². The molecular formula is C16H11F2NO2S. The smallest absolute Gasteiger partial charge is 0.195 e. The van der Waals surface area contributed by atoms with E-state index < -0.39 is 11.6 Å². The third-order valence-corrected chi connectivity index (χ3v) is 4.32. The van der Waals surface area contributed by atoms with Gasteiger partial charge < -0.3 is 4.90 Å². The van der Waals surface area contributed by atoms with Crippen LogP contribution in [-0.2, 0) is 11.3 Å². The summed E-state index contributed by atoms with van der Waals surface area (Å²) in [6.07, 6.45) is 0. The van der Waals surface area contributed by atoms with Crippen molar-refractivity contribution >= 4 is 28.9 Å². The van der Waals surface area contributed by atoms with E-state index in [1.807, 2.05) is 0 Å². The molecule has 0 bridgehead atoms. The third kappa shape index (κ3) is 2.20. The molecule has 3 nitrogen and oxygen atoms in total. The summed E-state index contributed by atoms with van der Waals surface area (Å²) >= 11 is 0.949. The highest BCUT2D eigenvalue weighted by Crippen LogP contribution is 2.37. The molecule has 0 N–H and O–H groups in total. The van der Waals surface area contributed by atoms with Crippen LogP contribution in [0.2, 0.25) is 0 Å². The average molecular weight is 319 g/mol. The summed E-state index contributed by atoms with van der Waals surface area (Å²) in [4.78, 5) is 25.7. The van der Waals surface area contributed by atoms with Crippen molar-refractivity contribution in [2.75, 3.05) is 11.9 Å². The van der Waals surface area contributed by atoms with Crippen LogP contribution in [0.25, 0.3) is 0 Å². The summed E-state index contributed by atoms with van der Waals surface area (Å²) in [7, 11) is 1.68. The molecular weight excluding hydrogens is 308 g/mol. The number of rotatable bonds is 2. The number of carbonyl (C=O) groups excluding carboxylic acids is 2. The Morgan fingerprint density at radius 1 is 1.18 bits per heavy atom. The molecule has 0 aliphatic carbocycles. The second kappa shape index (κ2) is 5.53. The van der Waals surface area contributed by atoms with E-state index in [4.69, 9.17) is 0 Å². The number of hydrogen-bond donors (Lipinski definition) is 0. The first-order valence-corrected chi connectivity index (χ1v) is 7.38. The number of halogens is 2. The van der Waals surface area contributed by atoms with Crippen molar-refractivity contribution < 1.29 is 18.4 Å². The van der Waals surface area contributed by atoms with Gasteiger partial charge >= 0.3 is 0 Å². The van der Waals surface area contributed by atoms with Crippen molar-refractivity contribution in [2.45, 2.75) is 11.4 Å². The predicted molar refractivity (Wildman–Crippen MR) is 80.9 cm³/mol. The summed E-state index contributed by atoms with van der Waals surface area (Å²) in [5.74, 6) is -2.36. The molecule has 0 saturated carbocycles. The Morgan fingerprint density at radius 2 is 1.95 bits per heavy atom. The highest BCUT2D eigenvalue weighted by molar-refractivity contribution is 8.12. The Kier molecular flexibility index (Phi) is 3.70. The van der Waals surface area contributed by atoms with Gasteiger partial charge in [-0.15, -0.1) is 0 Å². The number of fused-ring (bicyclic) bond motifs is 2. The molecule has 1 aliphatic rings. The fraction of sp³-hybridized carbons (Fsp3) is 0.125. The van der Waals surface area contributed by atoms with Crippen LogP contribution < -0.4 is 4.90 Å². The molecule has 1 aliphatic heterocycles. The van der Waals surface area contributed by atoms with Gasteiger partial charge in [0.2, 0.25) is 0 Å². The molecule has 0 aromatic heterocycles. The number of para-hydroxylation sites is 1. The normalized spacial score (nSPS) is 13.4. The number of hydrogen-bond acceptors (Lipinski definition) is 4. The van der Waals surface area contributed by atoms with Crippen LogP contribution >= 0.6 is 11.8 Å². The Labute approximate surface area is 129 Å². The molecule has 0 amide bonds. The van der Waals surface area contributed by atoms with Crippen molar-refractivity contribution in [3.63, 3.8) is 0 Å². The first-order chi connectivity index (χ1) is 10.5. The number of benzene rings is 2. The average Bonchev–Trinajstić information content (AvgIpc) is 2.61. The summed E-state index contributed by atoms with van der Waals surface area (Å²) in [5.41, 5.74) is 1.79. The van der Waals surface area contributed by atoms with Crippen LogP contribution in [-0.4, -0.2) is 18.4 Å². The summed E-state index contributed by atoms with van der Waals surface area (Å²) in [6.45, 7) is 0.0497. The first kappa shape index (κ1) is 14.7. The number of anilines is 1. The van der Waals surface area contributed by atoms with Gasteiger partial charge in [-0.1, -0.05) is 17.8 Å². The van der Waals surface area contributed by atoms with Crippen molar-refractivity contribution in [1.29, 1.82) is 0 Å². The standard InChI is InChI=1S/C16H11F2NO2S/c1-19-7-11-9(5-6-12(17)14(11)18)16(21)10-3-2-4-13(15(10)19)22-8-20/h2-6,8H,7H2,1H3. The molecule has 0 radical (unpaired) electrons. The monoisotopic (exact) mass is 319 g/mol. The molecule has 112 valence electrons. The fourth-order valence-electron chi connectivity index (χ4n) is 2.67. The van der Waals surface area contributed by atoms with Gasteiger partial charge in [-0.3, -0.25) is 9.59 Å². The van der Waals surface area contributed by atoms with Gasteiger partial charge in [0.1, 0.15) is 0 Å². The lowest BCUT2D eigenvalue weighted by atomic mass is 9.98. The zero-order chi connectivity index (χ0) is 15.9. The van der Waals surface area contributed by atoms with E-state index >= 15 is 0 Å². The second-order valence-corrected chi connectivity index (χ2v) is 5.81. The minimum Gasteiger partial charge on any atom is -0.369 e. The van der Waals surface area contributed by atoms with Crippen molar-refractivity contribution in [1.82, 2.24) is 0 Å². The van der Waals surface area contributed by atoms with E-state index in [1.54, 1.807) is 30.1 Å². The molecule has 22 heavy (non-hydrogen) atoms. The Morgan fingerprint density at radius 3 is 2.68 bits per heavy atom. The maximum absolute atomic E-state index is 14.1. The van der Waals surface area contributed by atoms with Crippen LogP contribution in [0.3, 0.4) is 0 Å². The lowest BCUT2D eigenvalue weighted by molar-refractivity contribution is 0.103.